The summed E-state index contributed by atoms with van der Waals surface area (Å²) in [6.45, 7) is 9.75. The van der Waals surface area contributed by atoms with Gasteiger partial charge in [0.1, 0.15) is 17.6 Å². The van der Waals surface area contributed by atoms with Crippen molar-refractivity contribution in [2.45, 2.75) is 52.7 Å². The van der Waals surface area contributed by atoms with E-state index in [1.165, 1.54) is 4.90 Å². The molecule has 2 rings (SSSR count). The summed E-state index contributed by atoms with van der Waals surface area (Å²) in [4.78, 5) is 30.8. The first-order chi connectivity index (χ1) is 9.21. The van der Waals surface area contributed by atoms with Crippen LogP contribution in [0.1, 0.15) is 41.0 Å². The Morgan fingerprint density at radius 3 is 2.65 bits per heavy atom. The summed E-state index contributed by atoms with van der Waals surface area (Å²) in [7, 11) is 0. The van der Waals surface area contributed by atoms with Crippen molar-refractivity contribution in [1.29, 1.82) is 0 Å². The van der Waals surface area contributed by atoms with E-state index in [4.69, 9.17) is 9.57 Å². The van der Waals surface area contributed by atoms with E-state index < -0.39 is 17.6 Å². The molecule has 0 bridgehead atoms. The van der Waals surface area contributed by atoms with Crippen LogP contribution in [0, 0.1) is 11.8 Å². The van der Waals surface area contributed by atoms with Crippen molar-refractivity contribution < 1.29 is 19.2 Å². The first-order valence-corrected chi connectivity index (χ1v) is 6.98. The van der Waals surface area contributed by atoms with Gasteiger partial charge in [0.05, 0.1) is 12.3 Å². The maximum atomic E-state index is 12.6. The minimum absolute atomic E-state index is 0.267. The molecule has 0 aromatic carbocycles. The summed E-state index contributed by atoms with van der Waals surface area (Å²) in [5, 5.41) is 4.01. The Labute approximate surface area is 119 Å². The zero-order valence-corrected chi connectivity index (χ0v) is 12.7. The molecule has 0 N–H and O–H groups in total. The first kappa shape index (κ1) is 14.8. The number of imide groups is 1. The predicted octanol–water partition coefficient (Wildman–Crippen LogP) is 2.18. The number of amides is 2. The van der Waals surface area contributed by atoms with E-state index in [2.05, 4.69) is 19.0 Å². The second-order valence-corrected chi connectivity index (χ2v) is 6.52. The Kier molecular flexibility index (Phi) is 3.75. The lowest BCUT2D eigenvalue weighted by Crippen LogP contribution is -2.43. The van der Waals surface area contributed by atoms with Crippen LogP contribution in [0.5, 0.6) is 0 Å². The van der Waals surface area contributed by atoms with E-state index >= 15 is 0 Å². The molecule has 0 unspecified atom stereocenters. The van der Waals surface area contributed by atoms with E-state index in [1.807, 2.05) is 0 Å². The second kappa shape index (κ2) is 5.07. The zero-order chi connectivity index (χ0) is 15.1. The number of ether oxygens (including phenoxy) is 1. The van der Waals surface area contributed by atoms with Crippen LogP contribution >= 0.6 is 0 Å². The number of hydrogen-bond acceptors (Lipinski definition) is 5. The molecule has 0 saturated carbocycles. The summed E-state index contributed by atoms with van der Waals surface area (Å²) in [6, 6.07) is 0. The number of oxime groups is 1. The van der Waals surface area contributed by atoms with Gasteiger partial charge in [0.2, 0.25) is 5.91 Å². The minimum atomic E-state index is -0.634. The van der Waals surface area contributed by atoms with Crippen LogP contribution in [-0.4, -0.2) is 40.9 Å². The standard InChI is InChI=1S/C14H22N2O4/c1-8(2)6-10-11(9(3)20-15-10)12(17)16-7-14(4,5)19-13(16)18/h8-9,11H,6-7H2,1-5H3/t9-,11-/m0/s1. The smallest absolute Gasteiger partial charge is 0.417 e. The molecule has 112 valence electrons. The molecule has 0 aromatic heterocycles. The number of carbonyl (C=O) groups is 2. The lowest BCUT2D eigenvalue weighted by molar-refractivity contribution is -0.132. The van der Waals surface area contributed by atoms with Crippen LogP contribution < -0.4 is 0 Å². The molecule has 2 atom stereocenters. The van der Waals surface area contributed by atoms with Gasteiger partial charge < -0.3 is 9.57 Å². The molecule has 20 heavy (non-hydrogen) atoms. The van der Waals surface area contributed by atoms with Crippen molar-refractivity contribution in [3.63, 3.8) is 0 Å². The van der Waals surface area contributed by atoms with Crippen LogP contribution in [0.25, 0.3) is 0 Å². The Morgan fingerprint density at radius 2 is 2.15 bits per heavy atom. The van der Waals surface area contributed by atoms with Gasteiger partial charge in [0.15, 0.2) is 0 Å². The number of hydrogen-bond donors (Lipinski definition) is 0. The fourth-order valence-corrected chi connectivity index (χ4v) is 2.57. The van der Waals surface area contributed by atoms with Gasteiger partial charge in [-0.15, -0.1) is 0 Å². The van der Waals surface area contributed by atoms with Crippen molar-refractivity contribution >= 4 is 17.7 Å². The summed E-state index contributed by atoms with van der Waals surface area (Å²) >= 11 is 0. The van der Waals surface area contributed by atoms with Gasteiger partial charge in [-0.2, -0.15) is 0 Å². The molecule has 1 saturated heterocycles. The first-order valence-electron chi connectivity index (χ1n) is 6.98. The minimum Gasteiger partial charge on any atom is -0.441 e. The molecule has 2 amide bonds. The van der Waals surface area contributed by atoms with Gasteiger partial charge in [-0.3, -0.25) is 4.79 Å². The summed E-state index contributed by atoms with van der Waals surface area (Å²) in [5.74, 6) is -0.385. The maximum absolute atomic E-state index is 12.6. The fraction of sp³-hybridized carbons (Fsp3) is 0.786. The largest absolute Gasteiger partial charge is 0.441 e. The molecule has 2 aliphatic rings. The SMILES string of the molecule is CC(C)CC1=NO[C@@H](C)[C@@H]1C(=O)N1CC(C)(C)OC1=O. The van der Waals surface area contributed by atoms with Gasteiger partial charge in [-0.05, 0) is 33.1 Å². The van der Waals surface area contributed by atoms with Gasteiger partial charge in [-0.1, -0.05) is 19.0 Å². The maximum Gasteiger partial charge on any atom is 0.417 e. The molecule has 1 fully saturated rings. The third-order valence-electron chi connectivity index (χ3n) is 3.44. The molecular weight excluding hydrogens is 260 g/mol. The predicted molar refractivity (Wildman–Crippen MR) is 73.2 cm³/mol. The molecule has 2 heterocycles. The number of rotatable bonds is 3. The fourth-order valence-electron chi connectivity index (χ4n) is 2.57. The highest BCUT2D eigenvalue weighted by atomic mass is 16.6. The van der Waals surface area contributed by atoms with E-state index in [9.17, 15) is 9.59 Å². The average Bonchev–Trinajstić information content (AvgIpc) is 2.77. The van der Waals surface area contributed by atoms with Crippen LogP contribution in [-0.2, 0) is 14.4 Å². The molecule has 6 nitrogen and oxygen atoms in total. The normalized spacial score (nSPS) is 28.4. The van der Waals surface area contributed by atoms with Crippen LogP contribution in [0.3, 0.4) is 0 Å². The van der Waals surface area contributed by atoms with Gasteiger partial charge in [0.25, 0.3) is 0 Å². The molecular formula is C14H22N2O4. The molecule has 0 spiro atoms. The quantitative estimate of drug-likeness (QED) is 0.795. The van der Waals surface area contributed by atoms with Crippen molar-refractivity contribution in [3.05, 3.63) is 0 Å². The number of carbonyl (C=O) groups excluding carboxylic acids is 2. The third kappa shape index (κ3) is 2.78. The Balaban J connectivity index is 2.15. The molecule has 0 radical (unpaired) electrons. The Hall–Kier alpha value is -1.59. The van der Waals surface area contributed by atoms with Crippen molar-refractivity contribution in [1.82, 2.24) is 4.90 Å². The number of nitrogens with zero attached hydrogens (tertiary/aromatic N) is 2. The highest BCUT2D eigenvalue weighted by Gasteiger charge is 2.47. The van der Waals surface area contributed by atoms with Crippen molar-refractivity contribution in [3.8, 4) is 0 Å². The van der Waals surface area contributed by atoms with Crippen LogP contribution in [0.2, 0.25) is 0 Å². The number of cyclic esters (lactones) is 1. The van der Waals surface area contributed by atoms with Crippen LogP contribution in [0.4, 0.5) is 4.79 Å². The van der Waals surface area contributed by atoms with Gasteiger partial charge in [0, 0.05) is 0 Å². The van der Waals surface area contributed by atoms with Gasteiger partial charge >= 0.3 is 6.09 Å². The van der Waals surface area contributed by atoms with Gasteiger partial charge in [-0.25, -0.2) is 9.69 Å². The molecule has 0 aliphatic carbocycles. The third-order valence-corrected chi connectivity index (χ3v) is 3.44. The molecule has 6 heteroatoms. The topological polar surface area (TPSA) is 68.2 Å². The average molecular weight is 282 g/mol. The highest BCUT2D eigenvalue weighted by Crippen LogP contribution is 2.29. The zero-order valence-electron chi connectivity index (χ0n) is 12.7. The van der Waals surface area contributed by atoms with E-state index in [-0.39, 0.29) is 18.6 Å². The van der Waals surface area contributed by atoms with E-state index in [0.29, 0.717) is 12.3 Å². The van der Waals surface area contributed by atoms with E-state index in [0.717, 1.165) is 5.71 Å². The van der Waals surface area contributed by atoms with Crippen molar-refractivity contribution in [2.24, 2.45) is 17.0 Å². The monoisotopic (exact) mass is 282 g/mol. The Morgan fingerprint density at radius 1 is 1.50 bits per heavy atom. The summed E-state index contributed by atoms with van der Waals surface area (Å²) < 4.78 is 5.18. The molecule has 2 aliphatic heterocycles. The molecule has 0 aromatic rings. The lowest BCUT2D eigenvalue weighted by Gasteiger charge is -2.20. The highest BCUT2D eigenvalue weighted by molar-refractivity contribution is 6.09. The Bertz CT molecular complexity index is 456. The van der Waals surface area contributed by atoms with Crippen molar-refractivity contribution in [2.75, 3.05) is 6.54 Å². The van der Waals surface area contributed by atoms with E-state index in [1.54, 1.807) is 20.8 Å². The summed E-state index contributed by atoms with van der Waals surface area (Å²) in [6.07, 6.45) is -0.233. The second-order valence-electron chi connectivity index (χ2n) is 6.52. The van der Waals surface area contributed by atoms with Crippen LogP contribution in [0.15, 0.2) is 5.16 Å². The summed E-state index contributed by atoms with van der Waals surface area (Å²) in [5.41, 5.74) is 0.0835. The lowest BCUT2D eigenvalue weighted by atomic mass is 9.91.